The van der Waals surface area contributed by atoms with E-state index in [1.165, 1.54) is 36.1 Å². The van der Waals surface area contributed by atoms with E-state index in [9.17, 15) is 29.2 Å². The number of aromatic nitrogens is 1. The molecule has 0 aliphatic carbocycles. The molecule has 4 N–H and O–H groups in total. The van der Waals surface area contributed by atoms with Crippen LogP contribution < -0.4 is 11.1 Å². The van der Waals surface area contributed by atoms with Crippen LogP contribution in [0.25, 0.3) is 0 Å². The highest BCUT2D eigenvalue weighted by molar-refractivity contribution is 8.00. The fourth-order valence-corrected chi connectivity index (χ4v) is 5.18. The molecule has 3 amide bonds. The maximum Gasteiger partial charge on any atom is 0.409 e. The number of β-lactam (4-membered cyclic amide) rings is 1. The minimum atomic E-state index is -1.08. The fourth-order valence-electron chi connectivity index (χ4n) is 3.30. The quantitative estimate of drug-likeness (QED) is 0.0946. The first-order valence-electron chi connectivity index (χ1n) is 11.4. The van der Waals surface area contributed by atoms with Crippen molar-refractivity contribution >= 4 is 63.8 Å². The third-order valence-electron chi connectivity index (χ3n) is 5.33. The van der Waals surface area contributed by atoms with Crippen molar-refractivity contribution in [3.05, 3.63) is 22.3 Å². The average Bonchev–Trinajstić information content (AvgIpc) is 3.30. The normalized spacial score (nSPS) is 19.1. The summed E-state index contributed by atoms with van der Waals surface area (Å²) in [6.45, 7) is 3.88. The van der Waals surface area contributed by atoms with E-state index in [0.29, 0.717) is 0 Å². The van der Waals surface area contributed by atoms with Gasteiger partial charge in [0.15, 0.2) is 10.8 Å². The molecule has 2 aliphatic rings. The van der Waals surface area contributed by atoms with Crippen LogP contribution in [0.15, 0.2) is 21.8 Å². The van der Waals surface area contributed by atoms with Gasteiger partial charge < -0.3 is 35.4 Å². The van der Waals surface area contributed by atoms with Crippen molar-refractivity contribution in [2.24, 2.45) is 10.6 Å². The number of rotatable bonds is 8. The number of esters is 2. The number of carbonyl (C=O) groups is 5. The van der Waals surface area contributed by atoms with Crippen LogP contribution in [0.4, 0.5) is 9.93 Å². The van der Waals surface area contributed by atoms with E-state index in [4.69, 9.17) is 19.9 Å². The van der Waals surface area contributed by atoms with Crippen molar-refractivity contribution in [3.63, 3.8) is 0 Å². The lowest BCUT2D eigenvalue weighted by Crippen LogP contribution is -2.71. The van der Waals surface area contributed by atoms with Crippen LogP contribution in [0.1, 0.15) is 26.5 Å². The number of carbonyl (C=O) groups excluding carboxylic acids is 5. The Kier molecular flexibility index (Phi) is 9.06. The summed E-state index contributed by atoms with van der Waals surface area (Å²) in [6.07, 6.45) is -0.667. The maximum absolute atomic E-state index is 13.1. The summed E-state index contributed by atoms with van der Waals surface area (Å²) in [5, 5.41) is 15.6. The molecule has 1 aromatic heterocycles. The zero-order valence-electron chi connectivity index (χ0n) is 21.7. The van der Waals surface area contributed by atoms with Gasteiger partial charge in [-0.15, -0.1) is 23.1 Å². The molecule has 0 saturated carbocycles. The van der Waals surface area contributed by atoms with Gasteiger partial charge in [0.25, 0.3) is 11.8 Å². The van der Waals surface area contributed by atoms with Gasteiger partial charge in [0, 0.05) is 30.8 Å². The van der Waals surface area contributed by atoms with E-state index in [1.807, 2.05) is 0 Å². The van der Waals surface area contributed by atoms with E-state index in [2.05, 4.69) is 15.5 Å². The second-order valence-electron chi connectivity index (χ2n) is 9.51. The summed E-state index contributed by atoms with van der Waals surface area (Å²) in [7, 11) is 2.97. The molecule has 3 rings (SSSR count). The lowest BCUT2D eigenvalue weighted by molar-refractivity contribution is -0.173. The van der Waals surface area contributed by atoms with Crippen LogP contribution in [-0.2, 0) is 33.4 Å². The van der Waals surface area contributed by atoms with E-state index < -0.39 is 59.2 Å². The molecule has 1 aromatic rings. The van der Waals surface area contributed by atoms with Crippen LogP contribution >= 0.6 is 23.1 Å². The van der Waals surface area contributed by atoms with Gasteiger partial charge >= 0.3 is 18.0 Å². The molecule has 17 heteroatoms. The van der Waals surface area contributed by atoms with Crippen LogP contribution in [0.2, 0.25) is 0 Å². The first-order chi connectivity index (χ1) is 18.3. The first-order valence-corrected chi connectivity index (χ1v) is 13.3. The molecule has 212 valence electrons. The Hall–Kier alpha value is -3.86. The van der Waals surface area contributed by atoms with Crippen LogP contribution in [0, 0.1) is 5.41 Å². The molecule has 1 fully saturated rings. The summed E-state index contributed by atoms with van der Waals surface area (Å²) in [5.74, 6) is -2.98. The van der Waals surface area contributed by atoms with Gasteiger partial charge in [-0.05, 0) is 20.8 Å². The molecule has 39 heavy (non-hydrogen) atoms. The molecule has 2 atom stereocenters. The second kappa shape index (κ2) is 11.9. The molecule has 1 saturated heterocycles. The highest BCUT2D eigenvalue weighted by Crippen LogP contribution is 2.41. The number of nitrogens with two attached hydrogens (primary N) is 1. The number of hydrogen-bond donors (Lipinski definition) is 3. The average molecular weight is 585 g/mol. The Labute approximate surface area is 231 Å². The standard InChI is InChI=1S/C22H28N6O9S2/c1-22(2,3)19(32)37-9-36-18(31)14-10(6-35-21(33)27(4)5)7-38-17-13(16(30)28(14)17)25-15(29)12(26-34)11-8-39-20(23)24-11/h8,13,17,34H,6-7,9H2,1-5H3,(H2,23,24)(H,25,29)/t13?,17-/m1/s1. The van der Waals surface area contributed by atoms with E-state index in [-0.39, 0.29) is 34.5 Å². The number of amides is 3. The second-order valence-corrected chi connectivity index (χ2v) is 11.5. The molecule has 1 unspecified atom stereocenters. The van der Waals surface area contributed by atoms with Crippen LogP contribution in [0.5, 0.6) is 0 Å². The molecule has 15 nitrogen and oxygen atoms in total. The number of fused-ring (bicyclic) bond motifs is 1. The lowest BCUT2D eigenvalue weighted by atomic mass is 9.98. The molecule has 3 heterocycles. The first kappa shape index (κ1) is 29.7. The SMILES string of the molecule is CN(C)C(=O)OCC1=C(C(=O)OCOC(=O)C(C)(C)C)N2C(=O)C(NC(=O)C(=NO)c3csc(N)n3)[C@H]2SC1. The van der Waals surface area contributed by atoms with Crippen molar-refractivity contribution in [3.8, 4) is 0 Å². The third-order valence-corrected chi connectivity index (χ3v) is 7.35. The number of hydrogen-bond acceptors (Lipinski definition) is 14. The summed E-state index contributed by atoms with van der Waals surface area (Å²) < 4.78 is 15.3. The fraction of sp³-hybridized carbons (Fsp3) is 0.500. The number of nitrogens with zero attached hydrogens (tertiary/aromatic N) is 4. The number of nitrogen functional groups attached to an aromatic ring is 1. The number of ether oxygens (including phenoxy) is 3. The summed E-state index contributed by atoms with van der Waals surface area (Å²) >= 11 is 2.24. The Morgan fingerprint density at radius 2 is 1.95 bits per heavy atom. The predicted octanol–water partition coefficient (Wildman–Crippen LogP) is 0.346. The minimum Gasteiger partial charge on any atom is -0.445 e. The van der Waals surface area contributed by atoms with Crippen molar-refractivity contribution in [2.45, 2.75) is 32.2 Å². The van der Waals surface area contributed by atoms with Crippen molar-refractivity contribution in [1.29, 1.82) is 0 Å². The number of nitrogens with one attached hydrogen (secondary N) is 1. The number of anilines is 1. The van der Waals surface area contributed by atoms with E-state index in [1.54, 1.807) is 20.8 Å². The van der Waals surface area contributed by atoms with E-state index >= 15 is 0 Å². The number of thiazole rings is 1. The Morgan fingerprint density at radius 1 is 1.26 bits per heavy atom. The highest BCUT2D eigenvalue weighted by atomic mass is 32.2. The van der Waals surface area contributed by atoms with Gasteiger partial charge in [-0.25, -0.2) is 14.6 Å². The van der Waals surface area contributed by atoms with Crippen molar-refractivity contribution in [2.75, 3.05) is 39.0 Å². The highest BCUT2D eigenvalue weighted by Gasteiger charge is 2.55. The third kappa shape index (κ3) is 6.59. The predicted molar refractivity (Wildman–Crippen MR) is 138 cm³/mol. The summed E-state index contributed by atoms with van der Waals surface area (Å²) in [4.78, 5) is 69.1. The summed E-state index contributed by atoms with van der Waals surface area (Å²) in [5.41, 5.74) is 4.42. The van der Waals surface area contributed by atoms with Gasteiger partial charge in [0.05, 0.1) is 5.41 Å². The minimum absolute atomic E-state index is 0.0244. The Balaban J connectivity index is 1.77. The largest absolute Gasteiger partial charge is 0.445 e. The molecular formula is C22H28N6O9S2. The zero-order chi connectivity index (χ0) is 29.1. The molecule has 0 spiro atoms. The smallest absolute Gasteiger partial charge is 0.409 e. The lowest BCUT2D eigenvalue weighted by Gasteiger charge is -2.49. The zero-order valence-corrected chi connectivity index (χ0v) is 23.4. The van der Waals surface area contributed by atoms with Gasteiger partial charge in [-0.2, -0.15) is 0 Å². The van der Waals surface area contributed by atoms with E-state index in [0.717, 1.165) is 16.2 Å². The van der Waals surface area contributed by atoms with Crippen molar-refractivity contribution in [1.82, 2.24) is 20.1 Å². The molecule has 0 bridgehead atoms. The topological polar surface area (TPSA) is 203 Å². The van der Waals surface area contributed by atoms with Crippen molar-refractivity contribution < 1.29 is 43.4 Å². The van der Waals surface area contributed by atoms with Gasteiger partial charge in [0.1, 0.15) is 29.4 Å². The van der Waals surface area contributed by atoms with Gasteiger partial charge in [0.2, 0.25) is 6.79 Å². The van der Waals surface area contributed by atoms with Gasteiger partial charge in [-0.1, -0.05) is 5.16 Å². The molecular weight excluding hydrogens is 556 g/mol. The number of oxime groups is 1. The monoisotopic (exact) mass is 584 g/mol. The van der Waals surface area contributed by atoms with Crippen LogP contribution in [0.3, 0.4) is 0 Å². The molecule has 0 radical (unpaired) electrons. The maximum atomic E-state index is 13.1. The summed E-state index contributed by atoms with van der Waals surface area (Å²) in [6, 6.07) is -1.08. The van der Waals surface area contributed by atoms with Crippen LogP contribution in [-0.4, -0.2) is 100 Å². The molecule has 0 aromatic carbocycles. The Morgan fingerprint density at radius 3 is 2.51 bits per heavy atom. The number of thioether (sulfide) groups is 1. The molecule has 2 aliphatic heterocycles. The Bertz CT molecular complexity index is 1240. The van der Waals surface area contributed by atoms with Gasteiger partial charge in [-0.3, -0.25) is 19.3 Å².